The van der Waals surface area contributed by atoms with Gasteiger partial charge >= 0.3 is 0 Å². The number of benzene rings is 2. The number of aliphatic hydroxyl groups is 1. The quantitative estimate of drug-likeness (QED) is 0.533. The summed E-state index contributed by atoms with van der Waals surface area (Å²) in [6, 6.07) is 19.2. The average molecular weight is 479 g/mol. The van der Waals surface area contributed by atoms with Crippen LogP contribution in [0.15, 0.2) is 54.6 Å². The second-order valence-corrected chi connectivity index (χ2v) is 9.55. The molecule has 186 valence electrons. The lowest BCUT2D eigenvalue weighted by Crippen LogP contribution is -2.61. The fourth-order valence-corrected chi connectivity index (χ4v) is 4.85. The molecule has 2 saturated heterocycles. The summed E-state index contributed by atoms with van der Waals surface area (Å²) in [7, 11) is 0. The number of hydrogen-bond donors (Lipinski definition) is 2. The molecule has 2 aromatic carbocycles. The third-order valence-electron chi connectivity index (χ3n) is 6.29. The van der Waals surface area contributed by atoms with E-state index >= 15 is 0 Å². The van der Waals surface area contributed by atoms with Crippen molar-refractivity contribution in [2.24, 2.45) is 0 Å². The molecule has 2 aliphatic rings. The molecule has 8 nitrogen and oxygen atoms in total. The van der Waals surface area contributed by atoms with E-state index in [1.165, 1.54) is 5.56 Å². The first-order valence-electron chi connectivity index (χ1n) is 12.2. The van der Waals surface area contributed by atoms with Gasteiger partial charge in [0, 0.05) is 38.8 Å². The van der Waals surface area contributed by atoms with Gasteiger partial charge in [0.1, 0.15) is 18.5 Å². The fraction of sp³-hybridized carbons (Fsp3) is 0.481. The number of aliphatic hydroxyl groups excluding tert-OH is 1. The summed E-state index contributed by atoms with van der Waals surface area (Å²) in [6.07, 6.45) is 0.220. The van der Waals surface area contributed by atoms with Crippen LogP contribution in [0.2, 0.25) is 0 Å². The van der Waals surface area contributed by atoms with Crippen molar-refractivity contribution < 1.29 is 19.4 Å². The number of amides is 1. The van der Waals surface area contributed by atoms with E-state index in [1.54, 1.807) is 24.3 Å². The Bertz CT molecular complexity index is 980. The molecule has 0 aliphatic carbocycles. The van der Waals surface area contributed by atoms with E-state index in [2.05, 4.69) is 33.3 Å². The van der Waals surface area contributed by atoms with Gasteiger partial charge in [0.15, 0.2) is 0 Å². The highest BCUT2D eigenvalue weighted by atomic mass is 16.5. The molecular weight excluding hydrogens is 444 g/mol. The summed E-state index contributed by atoms with van der Waals surface area (Å²) < 4.78 is 11.8. The predicted octanol–water partition coefficient (Wildman–Crippen LogP) is 1.43. The minimum atomic E-state index is -0.627. The van der Waals surface area contributed by atoms with Crippen LogP contribution in [0.1, 0.15) is 18.1 Å². The normalized spacial score (nSPS) is 22.1. The molecule has 35 heavy (non-hydrogen) atoms. The topological polar surface area (TPSA) is 98.1 Å². The van der Waals surface area contributed by atoms with Crippen LogP contribution < -0.4 is 10.1 Å². The molecule has 2 aromatic rings. The molecule has 4 unspecified atom stereocenters. The molecule has 8 heteroatoms. The van der Waals surface area contributed by atoms with Crippen molar-refractivity contribution in [1.29, 1.82) is 5.26 Å². The molecule has 0 aromatic heterocycles. The molecule has 0 radical (unpaired) electrons. The third kappa shape index (κ3) is 7.77. The lowest BCUT2D eigenvalue weighted by atomic mass is 10.1. The molecule has 2 bridgehead atoms. The maximum Gasteiger partial charge on any atom is 0.234 e. The van der Waals surface area contributed by atoms with E-state index in [1.807, 2.05) is 25.1 Å². The Labute approximate surface area is 207 Å². The highest BCUT2D eigenvalue weighted by Gasteiger charge is 2.36. The Morgan fingerprint density at radius 1 is 1.11 bits per heavy atom. The average Bonchev–Trinajstić information content (AvgIpc) is 2.83. The first kappa shape index (κ1) is 25.1. The van der Waals surface area contributed by atoms with E-state index in [-0.39, 0.29) is 30.8 Å². The lowest BCUT2D eigenvalue weighted by Gasteiger charge is -2.46. The molecule has 2 heterocycles. The summed E-state index contributed by atoms with van der Waals surface area (Å²) >= 11 is 0. The van der Waals surface area contributed by atoms with Crippen LogP contribution in [-0.2, 0) is 16.0 Å². The zero-order valence-electron chi connectivity index (χ0n) is 20.2. The Kier molecular flexibility index (Phi) is 8.72. The van der Waals surface area contributed by atoms with Crippen LogP contribution in [0.3, 0.4) is 0 Å². The van der Waals surface area contributed by atoms with Crippen molar-refractivity contribution in [3.05, 3.63) is 65.7 Å². The number of hydrogen-bond acceptors (Lipinski definition) is 7. The van der Waals surface area contributed by atoms with Gasteiger partial charge in [0.2, 0.25) is 5.91 Å². The van der Waals surface area contributed by atoms with Gasteiger partial charge in [-0.05, 0) is 43.2 Å². The minimum absolute atomic E-state index is 0.0173. The highest BCUT2D eigenvalue weighted by molar-refractivity contribution is 5.78. The number of carbonyl (C=O) groups excluding carboxylic acids is 1. The number of morpholine rings is 2. The highest BCUT2D eigenvalue weighted by Crippen LogP contribution is 2.20. The van der Waals surface area contributed by atoms with Gasteiger partial charge < -0.3 is 19.9 Å². The van der Waals surface area contributed by atoms with E-state index in [0.717, 1.165) is 6.42 Å². The van der Waals surface area contributed by atoms with Gasteiger partial charge in [0.25, 0.3) is 0 Å². The number of nitrogens with one attached hydrogen (secondary N) is 1. The Morgan fingerprint density at radius 3 is 2.43 bits per heavy atom. The van der Waals surface area contributed by atoms with Gasteiger partial charge in [0.05, 0.1) is 30.4 Å². The SMILES string of the molecule is CC(Cc1ccccc1)NC(=O)CN1CC2CN(CC(O)COc3ccc(C#N)cc3)CC(C1)O2. The summed E-state index contributed by atoms with van der Waals surface area (Å²) in [6.45, 7) is 5.93. The largest absolute Gasteiger partial charge is 0.491 e. The molecule has 0 spiro atoms. The summed E-state index contributed by atoms with van der Waals surface area (Å²) in [5.74, 6) is 0.675. The van der Waals surface area contributed by atoms with Crippen molar-refractivity contribution in [3.63, 3.8) is 0 Å². The predicted molar refractivity (Wildman–Crippen MR) is 132 cm³/mol. The maximum absolute atomic E-state index is 12.6. The maximum atomic E-state index is 12.6. The molecule has 1 amide bonds. The van der Waals surface area contributed by atoms with Crippen molar-refractivity contribution in [2.75, 3.05) is 45.9 Å². The van der Waals surface area contributed by atoms with Crippen molar-refractivity contribution in [1.82, 2.24) is 15.1 Å². The number of rotatable bonds is 10. The molecule has 4 rings (SSSR count). The third-order valence-corrected chi connectivity index (χ3v) is 6.29. The zero-order chi connectivity index (χ0) is 24.6. The molecular formula is C27H34N4O4. The second-order valence-electron chi connectivity index (χ2n) is 9.55. The lowest BCUT2D eigenvalue weighted by molar-refractivity contribution is -0.148. The molecule has 4 atom stereocenters. The van der Waals surface area contributed by atoms with Crippen LogP contribution in [0.4, 0.5) is 0 Å². The molecule has 2 fully saturated rings. The monoisotopic (exact) mass is 478 g/mol. The second kappa shape index (κ2) is 12.1. The summed E-state index contributed by atoms with van der Waals surface area (Å²) in [5.41, 5.74) is 1.79. The van der Waals surface area contributed by atoms with Gasteiger partial charge in [-0.2, -0.15) is 5.26 Å². The van der Waals surface area contributed by atoms with Crippen LogP contribution in [0.25, 0.3) is 0 Å². The van der Waals surface area contributed by atoms with Gasteiger partial charge in [-0.15, -0.1) is 0 Å². The number of nitriles is 1. The van der Waals surface area contributed by atoms with E-state index in [4.69, 9.17) is 14.7 Å². The smallest absolute Gasteiger partial charge is 0.234 e. The molecule has 2 N–H and O–H groups in total. The number of nitrogens with zero attached hydrogens (tertiary/aromatic N) is 3. The van der Waals surface area contributed by atoms with Gasteiger partial charge in [-0.25, -0.2) is 0 Å². The summed E-state index contributed by atoms with van der Waals surface area (Å²) in [5, 5.41) is 22.5. The van der Waals surface area contributed by atoms with Crippen LogP contribution in [0.5, 0.6) is 5.75 Å². The van der Waals surface area contributed by atoms with Crippen LogP contribution in [0, 0.1) is 11.3 Å². The Balaban J connectivity index is 1.17. The number of carbonyl (C=O) groups is 1. The Hall–Kier alpha value is -2.96. The van der Waals surface area contributed by atoms with Crippen molar-refractivity contribution >= 4 is 5.91 Å². The van der Waals surface area contributed by atoms with Crippen LogP contribution in [-0.4, -0.2) is 91.0 Å². The molecule has 0 saturated carbocycles. The fourth-order valence-electron chi connectivity index (χ4n) is 4.85. The van der Waals surface area contributed by atoms with E-state index < -0.39 is 6.10 Å². The summed E-state index contributed by atoms with van der Waals surface area (Å²) in [4.78, 5) is 17.0. The molecule has 2 aliphatic heterocycles. The first-order valence-corrected chi connectivity index (χ1v) is 12.2. The van der Waals surface area contributed by atoms with E-state index in [9.17, 15) is 9.90 Å². The number of β-amino-alcohol motifs (C(OH)–C–C–N with tert-alkyl or cyclic N) is 1. The van der Waals surface area contributed by atoms with Crippen LogP contribution >= 0.6 is 0 Å². The number of fused-ring (bicyclic) bond motifs is 2. The first-order chi connectivity index (χ1) is 17.0. The standard InChI is InChI=1S/C27H34N4O4/c1-20(11-21-5-3-2-4-6-21)29-27(33)18-31-16-25-14-30(15-26(17-31)35-25)13-23(32)19-34-24-9-7-22(12-28)8-10-24/h2-10,20,23,25-26,32H,11,13-19H2,1H3,(H,29,33). The van der Waals surface area contributed by atoms with E-state index in [0.29, 0.717) is 50.6 Å². The van der Waals surface area contributed by atoms with Gasteiger partial charge in [-0.1, -0.05) is 30.3 Å². The number of ether oxygens (including phenoxy) is 2. The minimum Gasteiger partial charge on any atom is -0.491 e. The van der Waals surface area contributed by atoms with Crippen molar-refractivity contribution in [2.45, 2.75) is 37.7 Å². The Morgan fingerprint density at radius 2 is 1.77 bits per heavy atom. The zero-order valence-corrected chi connectivity index (χ0v) is 20.2. The van der Waals surface area contributed by atoms with Gasteiger partial charge in [-0.3, -0.25) is 14.6 Å². The van der Waals surface area contributed by atoms with Crippen molar-refractivity contribution in [3.8, 4) is 11.8 Å².